The van der Waals surface area contributed by atoms with E-state index in [4.69, 9.17) is 0 Å². The van der Waals surface area contributed by atoms with Gasteiger partial charge in [0.25, 0.3) is 0 Å². The van der Waals surface area contributed by atoms with Gasteiger partial charge in [-0.3, -0.25) is 10.1 Å². The van der Waals surface area contributed by atoms with Gasteiger partial charge in [0, 0.05) is 0 Å². The molecule has 0 aliphatic carbocycles. The Balaban J connectivity index is 2.34. The normalized spacial score (nSPS) is 12.0. The first-order valence-corrected chi connectivity index (χ1v) is 9.15. The Morgan fingerprint density at radius 1 is 0.821 bits per heavy atom. The van der Waals surface area contributed by atoms with E-state index < -0.39 is 17.6 Å². The number of benzene rings is 3. The third-order valence-electron chi connectivity index (χ3n) is 4.61. The van der Waals surface area contributed by atoms with Crippen molar-refractivity contribution in [1.82, 2.24) is 5.32 Å². The molecule has 0 unspecified atom stereocenters. The third-order valence-corrected chi connectivity index (χ3v) is 4.96. The van der Waals surface area contributed by atoms with E-state index in [1.54, 1.807) is 5.94 Å². The summed E-state index contributed by atoms with van der Waals surface area (Å²) < 4.78 is 0. The summed E-state index contributed by atoms with van der Waals surface area (Å²) >= 11 is 4.06. The smallest absolute Gasteiger partial charge is 0.326 e. The molecule has 1 atom stereocenters. The molecular formula is C23H19NO3S. The molecule has 3 aromatic carbocycles. The number of nitrogens with one attached hydrogen (secondary N) is 1. The lowest BCUT2D eigenvalue weighted by molar-refractivity contribution is -0.138. The Morgan fingerprint density at radius 2 is 1.18 bits per heavy atom. The highest BCUT2D eigenvalue weighted by Gasteiger charge is 2.40. The number of carboxylic acid groups (broad SMARTS) is 1. The molecule has 0 amide bonds. The minimum absolute atomic E-state index is 0.223. The predicted octanol–water partition coefficient (Wildman–Crippen LogP) is 3.67. The van der Waals surface area contributed by atoms with E-state index in [1.807, 2.05) is 91.0 Å². The first kappa shape index (κ1) is 19.6. The van der Waals surface area contributed by atoms with Crippen molar-refractivity contribution in [3.05, 3.63) is 113 Å². The molecule has 0 heterocycles. The zero-order valence-electron chi connectivity index (χ0n) is 14.9. The van der Waals surface area contributed by atoms with Gasteiger partial charge in [0.15, 0.2) is 0 Å². The lowest BCUT2D eigenvalue weighted by Gasteiger charge is -2.39. The fourth-order valence-electron chi connectivity index (χ4n) is 3.34. The van der Waals surface area contributed by atoms with Crippen LogP contribution in [0.4, 0.5) is 0 Å². The summed E-state index contributed by atoms with van der Waals surface area (Å²) in [6.07, 6.45) is 0. The van der Waals surface area contributed by atoms with Crippen LogP contribution in [0, 0.1) is 0 Å². The first-order chi connectivity index (χ1) is 13.6. The van der Waals surface area contributed by atoms with Gasteiger partial charge in [-0.1, -0.05) is 91.0 Å². The van der Waals surface area contributed by atoms with Gasteiger partial charge in [0.2, 0.25) is 0 Å². The maximum Gasteiger partial charge on any atom is 0.326 e. The van der Waals surface area contributed by atoms with Crippen LogP contribution in [0.15, 0.2) is 95.9 Å². The number of carbonyl (C=O) groups is 1. The molecule has 0 bridgehead atoms. The summed E-state index contributed by atoms with van der Waals surface area (Å²) in [7, 11) is 0. The monoisotopic (exact) mass is 389 g/mol. The van der Waals surface area contributed by atoms with Crippen molar-refractivity contribution in [2.45, 2.75) is 11.6 Å². The van der Waals surface area contributed by atoms with E-state index in [2.05, 4.69) is 17.9 Å². The topological polar surface area (TPSA) is 66.4 Å². The predicted molar refractivity (Wildman–Crippen MR) is 112 cm³/mol. The fourth-order valence-corrected chi connectivity index (χ4v) is 3.51. The molecule has 0 aromatic heterocycles. The van der Waals surface area contributed by atoms with E-state index in [0.717, 1.165) is 16.7 Å². The molecular weight excluding hydrogens is 370 g/mol. The Hall–Kier alpha value is -3.11. The molecule has 3 rings (SSSR count). The van der Waals surface area contributed by atoms with E-state index in [9.17, 15) is 14.7 Å². The van der Waals surface area contributed by atoms with Gasteiger partial charge in [-0.25, -0.2) is 4.79 Å². The van der Waals surface area contributed by atoms with Crippen LogP contribution in [0.1, 0.15) is 16.7 Å². The summed E-state index contributed by atoms with van der Waals surface area (Å²) in [4.78, 5) is 22.9. The van der Waals surface area contributed by atoms with Crippen LogP contribution >= 0.6 is 12.6 Å². The molecule has 140 valence electrons. The largest absolute Gasteiger partial charge is 0.480 e. The van der Waals surface area contributed by atoms with E-state index in [1.165, 1.54) is 0 Å². The van der Waals surface area contributed by atoms with Crippen LogP contribution in [0.25, 0.3) is 0 Å². The van der Waals surface area contributed by atoms with Crippen molar-refractivity contribution in [3.8, 4) is 0 Å². The molecule has 0 fully saturated rings. The standard InChI is InChI=1S/C23H19NO3S/c25-16-20(28)21(22(26)27)24-23(17-10-4-1-5-11-17,18-12-6-2-7-13-18)19-14-8-3-9-15-19/h1-15,21,24,28H,(H,26,27)/t21-/m0/s1. The highest BCUT2D eigenvalue weighted by Crippen LogP contribution is 2.37. The van der Waals surface area contributed by atoms with E-state index >= 15 is 0 Å². The molecule has 4 nitrogen and oxygen atoms in total. The van der Waals surface area contributed by atoms with Crippen molar-refractivity contribution in [2.24, 2.45) is 0 Å². The summed E-state index contributed by atoms with van der Waals surface area (Å²) in [5, 5.41) is 13.0. The third kappa shape index (κ3) is 3.78. The second kappa shape index (κ2) is 8.72. The lowest BCUT2D eigenvalue weighted by Crippen LogP contribution is -2.52. The van der Waals surface area contributed by atoms with Gasteiger partial charge in [0.05, 0.1) is 10.4 Å². The Morgan fingerprint density at radius 3 is 1.46 bits per heavy atom. The number of aliphatic carboxylic acids is 1. The van der Waals surface area contributed by atoms with Crippen molar-refractivity contribution >= 4 is 24.5 Å². The van der Waals surface area contributed by atoms with Gasteiger partial charge in [-0.2, -0.15) is 0 Å². The maximum atomic E-state index is 12.0. The number of carboxylic acids is 1. The van der Waals surface area contributed by atoms with Crippen molar-refractivity contribution < 1.29 is 14.7 Å². The van der Waals surface area contributed by atoms with Gasteiger partial charge in [-0.05, 0) is 16.7 Å². The first-order valence-electron chi connectivity index (χ1n) is 8.70. The highest BCUT2D eigenvalue weighted by molar-refractivity contribution is 7.85. The number of hydrogen-bond acceptors (Lipinski definition) is 4. The van der Waals surface area contributed by atoms with Gasteiger partial charge in [0.1, 0.15) is 12.0 Å². The molecule has 0 aliphatic heterocycles. The van der Waals surface area contributed by atoms with Crippen LogP contribution in [0.2, 0.25) is 0 Å². The van der Waals surface area contributed by atoms with E-state index in [-0.39, 0.29) is 4.91 Å². The maximum absolute atomic E-state index is 12.0. The van der Waals surface area contributed by atoms with Crippen molar-refractivity contribution in [2.75, 3.05) is 0 Å². The molecule has 0 aliphatic rings. The Labute approximate surface area is 169 Å². The molecule has 0 saturated heterocycles. The zero-order chi connectivity index (χ0) is 20.0. The molecule has 5 heteroatoms. The Bertz CT molecular complexity index is 887. The lowest BCUT2D eigenvalue weighted by atomic mass is 9.76. The summed E-state index contributed by atoms with van der Waals surface area (Å²) in [6, 6.07) is 27.3. The average Bonchev–Trinajstić information content (AvgIpc) is 2.76. The van der Waals surface area contributed by atoms with Crippen LogP contribution in [0.5, 0.6) is 0 Å². The van der Waals surface area contributed by atoms with Crippen LogP contribution in [-0.2, 0) is 15.1 Å². The number of hydrogen-bond donors (Lipinski definition) is 3. The zero-order valence-corrected chi connectivity index (χ0v) is 15.8. The molecule has 0 radical (unpaired) electrons. The molecule has 0 spiro atoms. The molecule has 3 aromatic rings. The number of rotatable bonds is 7. The van der Waals surface area contributed by atoms with Gasteiger partial charge < -0.3 is 5.11 Å². The van der Waals surface area contributed by atoms with Gasteiger partial charge >= 0.3 is 5.97 Å². The van der Waals surface area contributed by atoms with Crippen molar-refractivity contribution in [1.29, 1.82) is 0 Å². The second-order valence-corrected chi connectivity index (χ2v) is 6.73. The Kier molecular flexibility index (Phi) is 6.12. The van der Waals surface area contributed by atoms with Crippen molar-refractivity contribution in [3.63, 3.8) is 0 Å². The highest BCUT2D eigenvalue weighted by atomic mass is 32.1. The quantitative estimate of drug-likeness (QED) is 0.328. The molecule has 2 N–H and O–H groups in total. The second-order valence-electron chi connectivity index (χ2n) is 6.25. The summed E-state index contributed by atoms with van der Waals surface area (Å²) in [6.45, 7) is 0. The SMILES string of the molecule is O=C=C(S)[C@H](NC(c1ccccc1)(c1ccccc1)c1ccccc1)C(=O)O. The van der Waals surface area contributed by atoms with Crippen LogP contribution in [-0.4, -0.2) is 23.1 Å². The fraction of sp³-hybridized carbons (Fsp3) is 0.0870. The summed E-state index contributed by atoms with van der Waals surface area (Å²) in [5.74, 6) is 0.403. The summed E-state index contributed by atoms with van der Waals surface area (Å²) in [5.41, 5.74) is 1.50. The van der Waals surface area contributed by atoms with Crippen LogP contribution in [0.3, 0.4) is 0 Å². The number of carbonyl (C=O) groups excluding carboxylic acids is 1. The molecule has 0 saturated carbocycles. The minimum Gasteiger partial charge on any atom is -0.480 e. The number of thiol groups is 1. The average molecular weight is 389 g/mol. The van der Waals surface area contributed by atoms with Gasteiger partial charge in [-0.15, -0.1) is 12.6 Å². The minimum atomic E-state index is -1.33. The van der Waals surface area contributed by atoms with Crippen LogP contribution < -0.4 is 5.32 Å². The molecule has 28 heavy (non-hydrogen) atoms. The van der Waals surface area contributed by atoms with E-state index in [0.29, 0.717) is 0 Å².